The second kappa shape index (κ2) is 5.31. The molecule has 1 heterocycles. The van der Waals surface area contributed by atoms with Crippen molar-refractivity contribution < 1.29 is 19.7 Å². The maximum Gasteiger partial charge on any atom is 0.169 e. The topological polar surface area (TPSA) is 62.2 Å². The van der Waals surface area contributed by atoms with E-state index in [0.717, 1.165) is 30.5 Å². The number of hydrogen-bond donors (Lipinski definition) is 2. The molecule has 0 fully saturated rings. The minimum Gasteiger partial charge on any atom is -0.504 e. The number of benzene rings is 2. The number of phenolic OH excluding ortho intramolecular Hbond substituents is 2. The highest BCUT2D eigenvalue weighted by Gasteiger charge is 2.37. The van der Waals surface area contributed by atoms with Gasteiger partial charge in [0.25, 0.3) is 0 Å². The summed E-state index contributed by atoms with van der Waals surface area (Å²) in [6, 6.07) is 5.71. The van der Waals surface area contributed by atoms with Gasteiger partial charge in [0.1, 0.15) is 0 Å². The van der Waals surface area contributed by atoms with Gasteiger partial charge in [0.2, 0.25) is 0 Å². The number of nitrogens with zero attached hydrogens (tertiary/aromatic N) is 1. The Bertz CT molecular complexity index is 831. The third-order valence-electron chi connectivity index (χ3n) is 5.30. The molecule has 1 atom stereocenters. The summed E-state index contributed by atoms with van der Waals surface area (Å²) in [7, 11) is 5.35. The zero-order valence-corrected chi connectivity index (χ0v) is 14.1. The molecule has 2 aliphatic rings. The molecule has 1 aliphatic heterocycles. The van der Waals surface area contributed by atoms with Gasteiger partial charge in [-0.05, 0) is 48.7 Å². The van der Waals surface area contributed by atoms with E-state index in [-0.39, 0.29) is 17.5 Å². The van der Waals surface area contributed by atoms with Gasteiger partial charge in [0.15, 0.2) is 23.0 Å². The Hall–Kier alpha value is -2.40. The minimum atomic E-state index is -0.116. The average molecular weight is 327 g/mol. The molecule has 1 aliphatic carbocycles. The molecule has 0 bridgehead atoms. The van der Waals surface area contributed by atoms with Crippen LogP contribution < -0.4 is 9.47 Å². The standard InChI is InChI=1S/C19H21NO4/c1-20-7-6-11-9-14(23-2)19(24-3)17-15(11)12(20)8-10-4-5-13(21)18(22)16(10)17/h4-5,9,12,21-22H,6-8H2,1-3H3. The molecule has 2 aromatic carbocycles. The van der Waals surface area contributed by atoms with Crippen molar-refractivity contribution in [1.29, 1.82) is 0 Å². The number of aromatic hydroxyl groups is 2. The van der Waals surface area contributed by atoms with Crippen molar-refractivity contribution in [3.63, 3.8) is 0 Å². The van der Waals surface area contributed by atoms with Crippen molar-refractivity contribution in [1.82, 2.24) is 4.90 Å². The van der Waals surface area contributed by atoms with Gasteiger partial charge >= 0.3 is 0 Å². The molecule has 0 amide bonds. The third-order valence-corrected chi connectivity index (χ3v) is 5.30. The number of fused-ring (bicyclic) bond motifs is 2. The van der Waals surface area contributed by atoms with Gasteiger partial charge in [-0.3, -0.25) is 4.90 Å². The first kappa shape index (κ1) is 15.1. The van der Waals surface area contributed by atoms with Crippen LogP contribution in [0, 0.1) is 0 Å². The minimum absolute atomic E-state index is 0.0899. The Kier molecular flexibility index (Phi) is 3.35. The van der Waals surface area contributed by atoms with Crippen molar-refractivity contribution in [2.45, 2.75) is 18.9 Å². The molecule has 0 radical (unpaired) electrons. The van der Waals surface area contributed by atoms with E-state index in [9.17, 15) is 10.2 Å². The molecule has 2 aromatic rings. The van der Waals surface area contributed by atoms with Crippen molar-refractivity contribution in [3.05, 3.63) is 34.9 Å². The average Bonchev–Trinajstić information content (AvgIpc) is 2.60. The van der Waals surface area contributed by atoms with Gasteiger partial charge in [-0.15, -0.1) is 0 Å². The van der Waals surface area contributed by atoms with Crippen LogP contribution in [0.25, 0.3) is 11.1 Å². The highest BCUT2D eigenvalue weighted by molar-refractivity contribution is 5.88. The Labute approximate surface area is 141 Å². The van der Waals surface area contributed by atoms with Crippen molar-refractivity contribution >= 4 is 0 Å². The number of phenols is 2. The predicted molar refractivity (Wildman–Crippen MR) is 91.1 cm³/mol. The Morgan fingerprint density at radius 3 is 2.58 bits per heavy atom. The van der Waals surface area contributed by atoms with Crippen LogP contribution in [-0.2, 0) is 12.8 Å². The molecule has 126 valence electrons. The smallest absolute Gasteiger partial charge is 0.169 e. The van der Waals surface area contributed by atoms with Crippen molar-refractivity contribution in [2.75, 3.05) is 27.8 Å². The fraction of sp³-hybridized carbons (Fsp3) is 0.368. The molecule has 5 nitrogen and oxygen atoms in total. The number of hydrogen-bond acceptors (Lipinski definition) is 5. The SMILES string of the molecule is COc1cc2c3c(c1OC)-c1c(ccc(O)c1O)CC3N(C)CC2. The van der Waals surface area contributed by atoms with E-state index >= 15 is 0 Å². The molecular formula is C19H21NO4. The molecule has 2 N–H and O–H groups in total. The lowest BCUT2D eigenvalue weighted by molar-refractivity contribution is 0.226. The summed E-state index contributed by atoms with van der Waals surface area (Å²) < 4.78 is 11.2. The van der Waals surface area contributed by atoms with Crippen LogP contribution in [0.2, 0.25) is 0 Å². The zero-order chi connectivity index (χ0) is 17.0. The number of likely N-dealkylation sites (N-methyl/N-ethyl adjacent to an activating group) is 1. The van der Waals surface area contributed by atoms with Gasteiger partial charge < -0.3 is 19.7 Å². The molecule has 5 heteroatoms. The second-order valence-corrected chi connectivity index (χ2v) is 6.48. The molecule has 0 saturated carbocycles. The summed E-state index contributed by atoms with van der Waals surface area (Å²) in [6.07, 6.45) is 1.72. The third kappa shape index (κ3) is 1.91. The zero-order valence-electron chi connectivity index (χ0n) is 14.1. The fourth-order valence-corrected chi connectivity index (χ4v) is 4.11. The monoisotopic (exact) mass is 327 g/mol. The summed E-state index contributed by atoms with van der Waals surface area (Å²) >= 11 is 0. The van der Waals surface area contributed by atoms with Crippen LogP contribution in [-0.4, -0.2) is 42.9 Å². The van der Waals surface area contributed by atoms with Crippen LogP contribution in [0.3, 0.4) is 0 Å². The van der Waals surface area contributed by atoms with Gasteiger partial charge in [0, 0.05) is 23.7 Å². The quantitative estimate of drug-likeness (QED) is 0.831. The fourth-order valence-electron chi connectivity index (χ4n) is 4.11. The summed E-state index contributed by atoms with van der Waals surface area (Å²) in [5.41, 5.74) is 4.91. The van der Waals surface area contributed by atoms with E-state index in [1.807, 2.05) is 12.1 Å². The van der Waals surface area contributed by atoms with E-state index < -0.39 is 0 Å². The lowest BCUT2D eigenvalue weighted by Crippen LogP contribution is -2.35. The Morgan fingerprint density at radius 1 is 1.08 bits per heavy atom. The molecule has 0 aromatic heterocycles. The van der Waals surface area contributed by atoms with E-state index in [4.69, 9.17) is 9.47 Å². The number of ether oxygens (including phenoxy) is 2. The summed E-state index contributed by atoms with van der Waals surface area (Å²) in [6.45, 7) is 0.978. The van der Waals surface area contributed by atoms with E-state index in [0.29, 0.717) is 17.1 Å². The predicted octanol–water partition coefficient (Wildman–Crippen LogP) is 2.87. The van der Waals surface area contributed by atoms with E-state index in [1.165, 1.54) is 11.1 Å². The Morgan fingerprint density at radius 2 is 1.88 bits per heavy atom. The molecule has 0 saturated heterocycles. The second-order valence-electron chi connectivity index (χ2n) is 6.48. The molecule has 4 rings (SSSR count). The number of methoxy groups -OCH3 is 2. The first-order valence-electron chi connectivity index (χ1n) is 8.09. The van der Waals surface area contributed by atoms with Gasteiger partial charge in [-0.1, -0.05) is 6.07 Å². The first-order chi connectivity index (χ1) is 11.6. The van der Waals surface area contributed by atoms with Crippen LogP contribution in [0.1, 0.15) is 22.7 Å². The highest BCUT2D eigenvalue weighted by Crippen LogP contribution is 2.55. The van der Waals surface area contributed by atoms with E-state index in [2.05, 4.69) is 11.9 Å². The van der Waals surface area contributed by atoms with Crippen LogP contribution in [0.5, 0.6) is 23.0 Å². The van der Waals surface area contributed by atoms with Crippen molar-refractivity contribution in [2.24, 2.45) is 0 Å². The molecule has 0 spiro atoms. The Balaban J connectivity index is 2.13. The molecule has 24 heavy (non-hydrogen) atoms. The summed E-state index contributed by atoms with van der Waals surface area (Å²) in [5.74, 6) is 1.06. The highest BCUT2D eigenvalue weighted by atomic mass is 16.5. The molecular weight excluding hydrogens is 306 g/mol. The lowest BCUT2D eigenvalue weighted by Gasteiger charge is -2.40. The van der Waals surface area contributed by atoms with Crippen molar-refractivity contribution in [3.8, 4) is 34.1 Å². The maximum absolute atomic E-state index is 10.5. The first-order valence-corrected chi connectivity index (χ1v) is 8.09. The number of rotatable bonds is 2. The summed E-state index contributed by atoms with van der Waals surface area (Å²) in [5, 5.41) is 20.6. The molecule has 1 unspecified atom stereocenters. The van der Waals surface area contributed by atoms with Crippen LogP contribution in [0.15, 0.2) is 18.2 Å². The summed E-state index contributed by atoms with van der Waals surface area (Å²) in [4.78, 5) is 2.34. The normalized spacial score (nSPS) is 18.7. The van der Waals surface area contributed by atoms with Gasteiger partial charge in [0.05, 0.1) is 14.2 Å². The largest absolute Gasteiger partial charge is 0.504 e. The van der Waals surface area contributed by atoms with Crippen LogP contribution >= 0.6 is 0 Å². The van der Waals surface area contributed by atoms with E-state index in [1.54, 1.807) is 20.3 Å². The lowest BCUT2D eigenvalue weighted by atomic mass is 9.76. The maximum atomic E-state index is 10.5. The van der Waals surface area contributed by atoms with Gasteiger partial charge in [-0.2, -0.15) is 0 Å². The van der Waals surface area contributed by atoms with Crippen LogP contribution in [0.4, 0.5) is 0 Å². The van der Waals surface area contributed by atoms with Gasteiger partial charge in [-0.25, -0.2) is 0 Å².